The van der Waals surface area contributed by atoms with Crippen LogP contribution >= 0.6 is 11.6 Å². The van der Waals surface area contributed by atoms with E-state index in [1.54, 1.807) is 18.2 Å². The highest BCUT2D eigenvalue weighted by atomic mass is 35.5. The van der Waals surface area contributed by atoms with Gasteiger partial charge >= 0.3 is 0 Å². The summed E-state index contributed by atoms with van der Waals surface area (Å²) in [6.07, 6.45) is 0.121. The predicted octanol–water partition coefficient (Wildman–Crippen LogP) is 3.10. The molecule has 1 heterocycles. The van der Waals surface area contributed by atoms with Crippen LogP contribution in [0.15, 0.2) is 18.2 Å². The second-order valence-corrected chi connectivity index (χ2v) is 4.74. The van der Waals surface area contributed by atoms with E-state index in [0.717, 1.165) is 0 Å². The van der Waals surface area contributed by atoms with Gasteiger partial charge in [0, 0.05) is 12.8 Å². The van der Waals surface area contributed by atoms with Crippen LogP contribution in [0.3, 0.4) is 0 Å². The van der Waals surface area contributed by atoms with Crippen molar-refractivity contribution in [3.8, 4) is 0 Å². The molecule has 2 nitrogen and oxygen atoms in total. The number of alkyl halides is 2. The molecule has 0 spiro atoms. The van der Waals surface area contributed by atoms with Crippen molar-refractivity contribution in [1.29, 1.82) is 0 Å². The molecule has 1 aromatic rings. The molecule has 1 saturated carbocycles. The highest BCUT2D eigenvalue weighted by Crippen LogP contribution is 2.41. The van der Waals surface area contributed by atoms with Crippen LogP contribution in [0.25, 0.3) is 0 Å². The van der Waals surface area contributed by atoms with Gasteiger partial charge in [-0.05, 0) is 25.0 Å². The molecule has 2 rings (SSSR count). The molecule has 88 valence electrons. The Balaban J connectivity index is 2.21. The van der Waals surface area contributed by atoms with Crippen molar-refractivity contribution in [2.75, 3.05) is 0 Å². The summed E-state index contributed by atoms with van der Waals surface area (Å²) in [5, 5.41) is 0.347. The summed E-state index contributed by atoms with van der Waals surface area (Å²) in [6, 6.07) is 5.13. The van der Waals surface area contributed by atoms with E-state index in [0.29, 0.717) is 10.8 Å². The summed E-state index contributed by atoms with van der Waals surface area (Å²) >= 11 is 5.77. The van der Waals surface area contributed by atoms with Gasteiger partial charge in [-0.25, -0.2) is 13.8 Å². The Morgan fingerprint density at radius 3 is 2.38 bits per heavy atom. The fourth-order valence-corrected chi connectivity index (χ4v) is 2.17. The lowest BCUT2D eigenvalue weighted by Crippen LogP contribution is -2.44. The van der Waals surface area contributed by atoms with E-state index in [1.807, 2.05) is 0 Å². The first kappa shape index (κ1) is 11.7. The molecule has 0 aliphatic heterocycles. The Labute approximate surface area is 97.8 Å². The Morgan fingerprint density at radius 2 is 1.81 bits per heavy atom. The number of pyridine rings is 1. The normalized spacial score (nSPS) is 23.0. The molecule has 0 aromatic carbocycles. The first-order chi connectivity index (χ1) is 7.41. The lowest BCUT2D eigenvalue weighted by atomic mass is 9.78. The van der Waals surface area contributed by atoms with Crippen LogP contribution in [0, 0.1) is 0 Å². The lowest BCUT2D eigenvalue weighted by molar-refractivity contribution is -0.0519. The standard InChI is InChI=1S/C11H13ClF2N2/c12-9-3-1-2-8(16-9)10(15)4-6-11(13,14)7-5-10/h1-3H,4-7,15H2. The fourth-order valence-electron chi connectivity index (χ4n) is 2.00. The Bertz CT molecular complexity index is 385. The van der Waals surface area contributed by atoms with Gasteiger partial charge in [-0.1, -0.05) is 17.7 Å². The average Bonchev–Trinajstić information content (AvgIpc) is 2.23. The van der Waals surface area contributed by atoms with E-state index in [2.05, 4.69) is 4.98 Å². The predicted molar refractivity (Wildman–Crippen MR) is 58.5 cm³/mol. The Hall–Kier alpha value is -0.740. The van der Waals surface area contributed by atoms with Crippen molar-refractivity contribution in [2.24, 2.45) is 5.73 Å². The van der Waals surface area contributed by atoms with Crippen molar-refractivity contribution < 1.29 is 8.78 Å². The van der Waals surface area contributed by atoms with Gasteiger partial charge in [0.2, 0.25) is 5.92 Å². The van der Waals surface area contributed by atoms with Crippen molar-refractivity contribution in [3.63, 3.8) is 0 Å². The summed E-state index contributed by atoms with van der Waals surface area (Å²) in [5.41, 5.74) is 5.97. The third-order valence-electron chi connectivity index (χ3n) is 3.10. The minimum atomic E-state index is -2.58. The molecule has 2 N–H and O–H groups in total. The first-order valence-electron chi connectivity index (χ1n) is 5.21. The van der Waals surface area contributed by atoms with Gasteiger partial charge in [-0.3, -0.25) is 0 Å². The molecule has 1 aliphatic rings. The van der Waals surface area contributed by atoms with Gasteiger partial charge in [-0.2, -0.15) is 0 Å². The summed E-state index contributed by atoms with van der Waals surface area (Å²) in [7, 11) is 0. The second-order valence-electron chi connectivity index (χ2n) is 4.36. The second kappa shape index (κ2) is 3.93. The molecule has 0 bridgehead atoms. The minimum absolute atomic E-state index is 0.183. The molecule has 0 atom stereocenters. The van der Waals surface area contributed by atoms with Gasteiger partial charge in [0.05, 0.1) is 11.2 Å². The van der Waals surface area contributed by atoms with Crippen LogP contribution in [0.2, 0.25) is 5.15 Å². The fraction of sp³-hybridized carbons (Fsp3) is 0.545. The number of hydrogen-bond acceptors (Lipinski definition) is 2. The molecule has 1 aliphatic carbocycles. The van der Waals surface area contributed by atoms with E-state index in [1.165, 1.54) is 0 Å². The molecule has 0 unspecified atom stereocenters. The van der Waals surface area contributed by atoms with E-state index in [4.69, 9.17) is 17.3 Å². The number of halogens is 3. The van der Waals surface area contributed by atoms with Crippen molar-refractivity contribution in [2.45, 2.75) is 37.1 Å². The van der Waals surface area contributed by atoms with Crippen LogP contribution in [-0.4, -0.2) is 10.9 Å². The van der Waals surface area contributed by atoms with E-state index in [9.17, 15) is 8.78 Å². The van der Waals surface area contributed by atoms with E-state index >= 15 is 0 Å². The van der Waals surface area contributed by atoms with Crippen molar-refractivity contribution >= 4 is 11.6 Å². The summed E-state index contributed by atoms with van der Waals surface area (Å²) in [4.78, 5) is 4.11. The maximum absolute atomic E-state index is 13.0. The van der Waals surface area contributed by atoms with Crippen LogP contribution in [-0.2, 0) is 5.54 Å². The zero-order valence-electron chi connectivity index (χ0n) is 8.72. The van der Waals surface area contributed by atoms with Crippen molar-refractivity contribution in [3.05, 3.63) is 29.0 Å². The highest BCUT2D eigenvalue weighted by Gasteiger charge is 2.42. The number of hydrogen-bond donors (Lipinski definition) is 1. The highest BCUT2D eigenvalue weighted by molar-refractivity contribution is 6.29. The van der Waals surface area contributed by atoms with Crippen LogP contribution in [0.4, 0.5) is 8.78 Å². The summed E-state index contributed by atoms with van der Waals surface area (Å²) in [6.45, 7) is 0. The van der Waals surface area contributed by atoms with Gasteiger partial charge in [0.25, 0.3) is 0 Å². The molecular weight excluding hydrogens is 234 g/mol. The number of nitrogens with two attached hydrogens (primary N) is 1. The molecule has 0 radical (unpaired) electrons. The molecule has 16 heavy (non-hydrogen) atoms. The average molecular weight is 247 g/mol. The molecule has 0 amide bonds. The number of nitrogens with zero attached hydrogens (tertiary/aromatic N) is 1. The van der Waals surface area contributed by atoms with E-state index < -0.39 is 11.5 Å². The number of aromatic nitrogens is 1. The van der Waals surface area contributed by atoms with Crippen LogP contribution < -0.4 is 5.73 Å². The van der Waals surface area contributed by atoms with Crippen LogP contribution in [0.5, 0.6) is 0 Å². The van der Waals surface area contributed by atoms with Crippen LogP contribution in [0.1, 0.15) is 31.4 Å². The summed E-state index contributed by atoms with van der Waals surface area (Å²) in [5.74, 6) is -2.58. The first-order valence-corrected chi connectivity index (χ1v) is 5.59. The van der Waals surface area contributed by atoms with Gasteiger partial charge in [-0.15, -0.1) is 0 Å². The molecule has 1 aromatic heterocycles. The molecule has 0 saturated heterocycles. The smallest absolute Gasteiger partial charge is 0.248 e. The summed E-state index contributed by atoms with van der Waals surface area (Å²) < 4.78 is 26.1. The SMILES string of the molecule is NC1(c2cccc(Cl)n2)CCC(F)(F)CC1. The maximum atomic E-state index is 13.0. The van der Waals surface area contributed by atoms with Gasteiger partial charge in [0.1, 0.15) is 5.15 Å². The zero-order valence-corrected chi connectivity index (χ0v) is 9.47. The van der Waals surface area contributed by atoms with Gasteiger partial charge in [0.15, 0.2) is 0 Å². The number of rotatable bonds is 1. The quantitative estimate of drug-likeness (QED) is 0.774. The topological polar surface area (TPSA) is 38.9 Å². The monoisotopic (exact) mass is 246 g/mol. The lowest BCUT2D eigenvalue weighted by Gasteiger charge is -2.36. The minimum Gasteiger partial charge on any atom is -0.320 e. The third kappa shape index (κ3) is 2.33. The zero-order chi connectivity index (χ0) is 11.8. The Morgan fingerprint density at radius 1 is 1.19 bits per heavy atom. The van der Waals surface area contributed by atoms with Crippen molar-refractivity contribution in [1.82, 2.24) is 4.98 Å². The maximum Gasteiger partial charge on any atom is 0.248 e. The third-order valence-corrected chi connectivity index (χ3v) is 3.31. The molecular formula is C11H13ClF2N2. The Kier molecular flexibility index (Phi) is 2.88. The van der Waals surface area contributed by atoms with Gasteiger partial charge < -0.3 is 5.73 Å². The van der Waals surface area contributed by atoms with E-state index in [-0.39, 0.29) is 25.7 Å². The molecule has 1 fully saturated rings. The largest absolute Gasteiger partial charge is 0.320 e. The molecule has 5 heteroatoms.